The molecule has 0 aromatic heterocycles. The van der Waals surface area contributed by atoms with Crippen molar-refractivity contribution in [1.29, 1.82) is 0 Å². The summed E-state index contributed by atoms with van der Waals surface area (Å²) in [5.41, 5.74) is 0. The molecular weight excluding hydrogens is 96.1 g/mol. The fourth-order valence-electron chi connectivity index (χ4n) is 0.655. The highest BCUT2D eigenvalue weighted by Gasteiger charge is 1.91. The van der Waals surface area contributed by atoms with Gasteiger partial charge in [0.15, 0.2) is 0 Å². The lowest BCUT2D eigenvalue weighted by Crippen LogP contribution is -1.82. The van der Waals surface area contributed by atoms with Crippen LogP contribution in [0.25, 0.3) is 0 Å². The highest BCUT2D eigenvalue weighted by molar-refractivity contribution is 4.75. The molecule has 0 amide bonds. The maximum absolute atomic E-state index is 3.77. The fourth-order valence-corrected chi connectivity index (χ4v) is 0.655. The maximum atomic E-state index is 3.77. The Morgan fingerprint density at radius 1 is 1.25 bits per heavy atom. The number of unbranched alkanes of at least 4 members (excludes halogenated alkanes) is 2. The molecule has 8 heavy (non-hydrogen) atoms. The Balaban J connectivity index is 2.72. The lowest BCUT2D eigenvalue weighted by molar-refractivity contribution is 0.697. The summed E-state index contributed by atoms with van der Waals surface area (Å²) in [5, 5.41) is 0. The van der Waals surface area contributed by atoms with Crippen LogP contribution in [0.5, 0.6) is 0 Å². The Bertz CT molecular complexity index is 37.3. The molecule has 48 valence electrons. The lowest BCUT2D eigenvalue weighted by Gasteiger charge is -2.00. The van der Waals surface area contributed by atoms with Crippen molar-refractivity contribution >= 4 is 0 Å². The smallest absolute Gasteiger partial charge is 0.0303 e. The first kappa shape index (κ1) is 8.00. The monoisotopic (exact) mass is 112 g/mol. The molecule has 0 spiro atoms. The summed E-state index contributed by atoms with van der Waals surface area (Å²) in [6.07, 6.45) is 4.99. The van der Waals surface area contributed by atoms with Crippen LogP contribution in [0.2, 0.25) is 0 Å². The van der Waals surface area contributed by atoms with Crippen LogP contribution < -0.4 is 0 Å². The van der Waals surface area contributed by atoms with Gasteiger partial charge in [-0.1, -0.05) is 40.0 Å². The number of hydrogen-bond acceptors (Lipinski definition) is 0. The summed E-state index contributed by atoms with van der Waals surface area (Å²) >= 11 is 0. The molecule has 0 aromatic carbocycles. The first-order valence-corrected chi connectivity index (χ1v) is 3.35. The van der Waals surface area contributed by atoms with E-state index in [0.29, 0.717) is 0 Å². The van der Waals surface area contributed by atoms with E-state index in [2.05, 4.69) is 20.8 Å². The van der Waals surface area contributed by atoms with Gasteiger partial charge in [-0.15, -0.1) is 0 Å². The van der Waals surface area contributed by atoms with E-state index in [1.165, 1.54) is 19.3 Å². The molecule has 0 aliphatic carbocycles. The van der Waals surface area contributed by atoms with Crippen LogP contribution in [-0.4, -0.2) is 0 Å². The van der Waals surface area contributed by atoms with Gasteiger partial charge in [-0.05, 0) is 12.3 Å². The van der Waals surface area contributed by atoms with Crippen LogP contribution >= 0.6 is 0 Å². The number of rotatable bonds is 4. The van der Waals surface area contributed by atoms with E-state index in [1.807, 2.05) is 0 Å². The van der Waals surface area contributed by atoms with E-state index >= 15 is 0 Å². The fraction of sp³-hybridized carbons (Fsp3) is 0.750. The van der Waals surface area contributed by atoms with Gasteiger partial charge in [-0.25, -0.2) is 0 Å². The van der Waals surface area contributed by atoms with E-state index in [0.717, 1.165) is 6.42 Å². The van der Waals surface area contributed by atoms with Gasteiger partial charge < -0.3 is 0 Å². The molecule has 0 aliphatic rings. The zero-order chi connectivity index (χ0) is 6.41. The van der Waals surface area contributed by atoms with E-state index in [1.54, 1.807) is 5.92 Å². The third-order valence-corrected chi connectivity index (χ3v) is 1.18. The average molecular weight is 112 g/mol. The Morgan fingerprint density at radius 3 is 2.25 bits per heavy atom. The molecule has 0 aromatic rings. The molecule has 0 saturated carbocycles. The minimum Gasteiger partial charge on any atom is -0.0594 e. The zero-order valence-electron chi connectivity index (χ0n) is 6.04. The van der Waals surface area contributed by atoms with Crippen LogP contribution in [0.1, 0.15) is 39.5 Å². The van der Waals surface area contributed by atoms with Crippen LogP contribution in [-0.2, 0) is 0 Å². The predicted octanol–water partition coefficient (Wildman–Crippen LogP) is 3.00. The molecular formula is C8H16. The summed E-state index contributed by atoms with van der Waals surface area (Å²) in [7, 11) is 0. The molecule has 0 unspecified atom stereocenters. The third-order valence-electron chi connectivity index (χ3n) is 1.18. The van der Waals surface area contributed by atoms with E-state index in [-0.39, 0.29) is 0 Å². The van der Waals surface area contributed by atoms with Gasteiger partial charge in [0.05, 0.1) is 0 Å². The molecule has 0 nitrogen and oxygen atoms in total. The van der Waals surface area contributed by atoms with Gasteiger partial charge in [-0.2, -0.15) is 0 Å². The first-order valence-electron chi connectivity index (χ1n) is 3.35. The molecule has 0 atom stereocenters. The van der Waals surface area contributed by atoms with Gasteiger partial charge in [0.1, 0.15) is 0 Å². The Morgan fingerprint density at radius 2 is 1.88 bits per heavy atom. The number of hydrogen-bond donors (Lipinski definition) is 0. The van der Waals surface area contributed by atoms with Crippen molar-refractivity contribution in [1.82, 2.24) is 0 Å². The van der Waals surface area contributed by atoms with Crippen LogP contribution in [0, 0.1) is 12.8 Å². The van der Waals surface area contributed by atoms with Crippen molar-refractivity contribution in [3.8, 4) is 0 Å². The standard InChI is InChI=1S/C8H16/c1-4-5-6-7-8(2)3/h1,4-7H2,2-3H3. The van der Waals surface area contributed by atoms with Crippen molar-refractivity contribution in [3.05, 3.63) is 12.8 Å². The highest BCUT2D eigenvalue weighted by Crippen LogP contribution is 2.08. The van der Waals surface area contributed by atoms with Crippen molar-refractivity contribution in [2.75, 3.05) is 0 Å². The van der Waals surface area contributed by atoms with Crippen LogP contribution in [0.4, 0.5) is 0 Å². The summed E-state index contributed by atoms with van der Waals surface area (Å²) < 4.78 is 0. The molecule has 0 heteroatoms. The SMILES string of the molecule is [CH2]CCCC[C](C)C. The van der Waals surface area contributed by atoms with Crippen molar-refractivity contribution in [2.45, 2.75) is 39.5 Å². The van der Waals surface area contributed by atoms with Crippen molar-refractivity contribution < 1.29 is 0 Å². The predicted molar refractivity (Wildman–Crippen MR) is 38.4 cm³/mol. The third kappa shape index (κ3) is 6.00. The maximum Gasteiger partial charge on any atom is -0.0303 e. The quantitative estimate of drug-likeness (QED) is 0.490. The normalized spacial score (nSPS) is 10.5. The van der Waals surface area contributed by atoms with Crippen molar-refractivity contribution in [3.63, 3.8) is 0 Å². The molecule has 0 saturated heterocycles. The van der Waals surface area contributed by atoms with Gasteiger partial charge in [0.25, 0.3) is 0 Å². The zero-order valence-corrected chi connectivity index (χ0v) is 6.04. The van der Waals surface area contributed by atoms with E-state index < -0.39 is 0 Å². The minimum absolute atomic E-state index is 1.09. The minimum atomic E-state index is 1.09. The second kappa shape index (κ2) is 5.14. The summed E-state index contributed by atoms with van der Waals surface area (Å²) in [5.74, 6) is 1.54. The molecule has 0 fully saturated rings. The second-order valence-electron chi connectivity index (χ2n) is 2.52. The Labute approximate surface area is 53.3 Å². The van der Waals surface area contributed by atoms with Crippen molar-refractivity contribution in [2.24, 2.45) is 0 Å². The average Bonchev–Trinajstić information content (AvgIpc) is 1.66. The van der Waals surface area contributed by atoms with E-state index in [9.17, 15) is 0 Å². The first-order chi connectivity index (χ1) is 3.77. The van der Waals surface area contributed by atoms with E-state index in [4.69, 9.17) is 0 Å². The van der Waals surface area contributed by atoms with Gasteiger partial charge in [0, 0.05) is 0 Å². The highest BCUT2D eigenvalue weighted by atomic mass is 14.0. The molecule has 0 bridgehead atoms. The second-order valence-corrected chi connectivity index (χ2v) is 2.52. The Hall–Kier alpha value is 0. The molecule has 0 heterocycles. The molecule has 0 N–H and O–H groups in total. The molecule has 0 rings (SSSR count). The lowest BCUT2D eigenvalue weighted by atomic mass is 10.1. The largest absolute Gasteiger partial charge is 0.0594 e. The molecule has 2 radical (unpaired) electrons. The summed E-state index contributed by atoms with van der Waals surface area (Å²) in [4.78, 5) is 0. The van der Waals surface area contributed by atoms with Gasteiger partial charge in [-0.3, -0.25) is 0 Å². The van der Waals surface area contributed by atoms with Crippen LogP contribution in [0.15, 0.2) is 0 Å². The summed E-state index contributed by atoms with van der Waals surface area (Å²) in [6.45, 7) is 8.14. The Kier molecular flexibility index (Phi) is 5.14. The van der Waals surface area contributed by atoms with Crippen LogP contribution in [0.3, 0.4) is 0 Å². The van der Waals surface area contributed by atoms with Gasteiger partial charge >= 0.3 is 0 Å². The summed E-state index contributed by atoms with van der Waals surface area (Å²) in [6, 6.07) is 0. The van der Waals surface area contributed by atoms with Gasteiger partial charge in [0.2, 0.25) is 0 Å². The topological polar surface area (TPSA) is 0 Å². The molecule has 0 aliphatic heterocycles.